The maximum Gasteiger partial charge on any atom is 0.240 e. The standard InChI is InChI=1S/C19H37N5O2/c1-18(2,3)22-16(25)14-23(5)17(20-4)21-15-19(8-12-26-13-9-19)24-10-6-7-11-24/h6-15H2,1-5H3,(H,20,21)(H,22,25). The molecule has 2 aliphatic rings. The first kappa shape index (κ1) is 21.0. The van der Waals surface area contributed by atoms with E-state index in [1.807, 2.05) is 32.7 Å². The van der Waals surface area contributed by atoms with Crippen LogP contribution in [0.2, 0.25) is 0 Å². The van der Waals surface area contributed by atoms with Gasteiger partial charge in [-0.15, -0.1) is 0 Å². The number of likely N-dealkylation sites (tertiary alicyclic amines) is 1. The van der Waals surface area contributed by atoms with Gasteiger partial charge in [0.2, 0.25) is 5.91 Å². The van der Waals surface area contributed by atoms with E-state index in [0.29, 0.717) is 0 Å². The van der Waals surface area contributed by atoms with E-state index in [9.17, 15) is 4.79 Å². The van der Waals surface area contributed by atoms with Crippen LogP contribution in [0.4, 0.5) is 0 Å². The summed E-state index contributed by atoms with van der Waals surface area (Å²) in [4.78, 5) is 21.1. The minimum absolute atomic E-state index is 0.00303. The largest absolute Gasteiger partial charge is 0.381 e. The first-order chi connectivity index (χ1) is 12.3. The van der Waals surface area contributed by atoms with E-state index in [4.69, 9.17) is 4.74 Å². The lowest BCUT2D eigenvalue weighted by Crippen LogP contribution is -2.59. The Morgan fingerprint density at radius 1 is 1.23 bits per heavy atom. The number of hydrogen-bond acceptors (Lipinski definition) is 4. The van der Waals surface area contributed by atoms with Crippen LogP contribution in [0.3, 0.4) is 0 Å². The molecule has 2 heterocycles. The second-order valence-electron chi connectivity index (χ2n) is 8.59. The lowest BCUT2D eigenvalue weighted by Gasteiger charge is -2.45. The maximum absolute atomic E-state index is 12.2. The zero-order chi connectivity index (χ0) is 19.2. The van der Waals surface area contributed by atoms with Crippen molar-refractivity contribution in [2.24, 2.45) is 4.99 Å². The van der Waals surface area contributed by atoms with E-state index in [1.54, 1.807) is 7.05 Å². The molecule has 7 nitrogen and oxygen atoms in total. The van der Waals surface area contributed by atoms with Crippen LogP contribution in [0.25, 0.3) is 0 Å². The Bertz CT molecular complexity index is 489. The summed E-state index contributed by atoms with van der Waals surface area (Å²) in [6.07, 6.45) is 4.66. The van der Waals surface area contributed by atoms with Gasteiger partial charge in [0.05, 0.1) is 6.54 Å². The molecule has 2 saturated heterocycles. The molecule has 0 spiro atoms. The van der Waals surface area contributed by atoms with Gasteiger partial charge in [-0.05, 0) is 59.5 Å². The Hall–Kier alpha value is -1.34. The summed E-state index contributed by atoms with van der Waals surface area (Å²) in [5.74, 6) is 0.766. The van der Waals surface area contributed by atoms with Gasteiger partial charge in [0.1, 0.15) is 0 Å². The van der Waals surface area contributed by atoms with E-state index < -0.39 is 0 Å². The minimum atomic E-state index is -0.225. The zero-order valence-corrected chi connectivity index (χ0v) is 17.2. The average molecular weight is 368 g/mol. The number of amides is 1. The second-order valence-corrected chi connectivity index (χ2v) is 8.59. The van der Waals surface area contributed by atoms with E-state index in [0.717, 1.165) is 38.6 Å². The Labute approximate surface area is 158 Å². The normalized spacial score (nSPS) is 21.5. The van der Waals surface area contributed by atoms with Crippen LogP contribution in [-0.2, 0) is 9.53 Å². The van der Waals surface area contributed by atoms with Crippen molar-refractivity contribution in [2.45, 2.75) is 57.5 Å². The van der Waals surface area contributed by atoms with Crippen molar-refractivity contribution in [1.82, 2.24) is 20.4 Å². The molecule has 0 aromatic heterocycles. The van der Waals surface area contributed by atoms with E-state index in [-0.39, 0.29) is 23.5 Å². The molecular weight excluding hydrogens is 330 g/mol. The first-order valence-electron chi connectivity index (χ1n) is 9.81. The van der Waals surface area contributed by atoms with Gasteiger partial charge in [0.15, 0.2) is 5.96 Å². The molecule has 0 aromatic rings. The Morgan fingerprint density at radius 3 is 2.38 bits per heavy atom. The molecule has 2 aliphatic heterocycles. The summed E-state index contributed by atoms with van der Waals surface area (Å²) in [7, 11) is 3.68. The van der Waals surface area contributed by atoms with Crippen LogP contribution in [0, 0.1) is 0 Å². The first-order valence-corrected chi connectivity index (χ1v) is 9.81. The molecule has 26 heavy (non-hydrogen) atoms. The van der Waals surface area contributed by atoms with Gasteiger partial charge >= 0.3 is 0 Å². The summed E-state index contributed by atoms with van der Waals surface area (Å²) >= 11 is 0. The van der Waals surface area contributed by atoms with Crippen molar-refractivity contribution < 1.29 is 9.53 Å². The molecule has 0 aliphatic carbocycles. The Morgan fingerprint density at radius 2 is 1.85 bits per heavy atom. The third kappa shape index (κ3) is 5.84. The topological polar surface area (TPSA) is 69.2 Å². The molecule has 2 fully saturated rings. The summed E-state index contributed by atoms with van der Waals surface area (Å²) in [5, 5.41) is 6.52. The highest BCUT2D eigenvalue weighted by Gasteiger charge is 2.39. The number of nitrogens with one attached hydrogen (secondary N) is 2. The van der Waals surface area contributed by atoms with Crippen molar-refractivity contribution in [1.29, 1.82) is 0 Å². The Balaban J connectivity index is 1.94. The third-order valence-electron chi connectivity index (χ3n) is 5.24. The third-order valence-corrected chi connectivity index (χ3v) is 5.24. The van der Waals surface area contributed by atoms with Crippen molar-refractivity contribution >= 4 is 11.9 Å². The summed E-state index contributed by atoms with van der Waals surface area (Å²) in [6.45, 7) is 11.1. The number of carbonyl (C=O) groups excluding carboxylic acids is 1. The molecular formula is C19H37N5O2. The lowest BCUT2D eigenvalue weighted by molar-refractivity contribution is -0.122. The summed E-state index contributed by atoms with van der Waals surface area (Å²) in [6, 6.07) is 0. The van der Waals surface area contributed by atoms with Crippen LogP contribution in [0.15, 0.2) is 4.99 Å². The predicted molar refractivity (Wildman–Crippen MR) is 105 cm³/mol. The fourth-order valence-corrected chi connectivity index (χ4v) is 3.92. The monoisotopic (exact) mass is 367 g/mol. The van der Waals surface area contributed by atoms with Gasteiger partial charge in [-0.2, -0.15) is 0 Å². The van der Waals surface area contributed by atoms with Gasteiger partial charge in [-0.25, -0.2) is 0 Å². The Kier molecular flexibility index (Phi) is 7.29. The molecule has 7 heteroatoms. The zero-order valence-electron chi connectivity index (χ0n) is 17.2. The predicted octanol–water partition coefficient (Wildman–Crippen LogP) is 1.05. The number of hydrogen-bond donors (Lipinski definition) is 2. The maximum atomic E-state index is 12.2. The lowest BCUT2D eigenvalue weighted by atomic mass is 9.88. The molecule has 1 amide bonds. The van der Waals surface area contributed by atoms with Crippen molar-refractivity contribution in [3.63, 3.8) is 0 Å². The number of carbonyl (C=O) groups is 1. The number of guanidine groups is 1. The highest BCUT2D eigenvalue weighted by Crippen LogP contribution is 2.30. The van der Waals surface area contributed by atoms with Crippen molar-refractivity contribution in [2.75, 3.05) is 53.5 Å². The minimum Gasteiger partial charge on any atom is -0.381 e. The molecule has 0 aromatic carbocycles. The van der Waals surface area contributed by atoms with Crippen LogP contribution in [0.1, 0.15) is 46.5 Å². The number of ether oxygens (including phenoxy) is 1. The van der Waals surface area contributed by atoms with Crippen molar-refractivity contribution in [3.05, 3.63) is 0 Å². The van der Waals surface area contributed by atoms with E-state index >= 15 is 0 Å². The average Bonchev–Trinajstić information content (AvgIpc) is 3.09. The highest BCUT2D eigenvalue weighted by atomic mass is 16.5. The molecule has 0 bridgehead atoms. The molecule has 0 radical (unpaired) electrons. The van der Waals surface area contributed by atoms with Crippen molar-refractivity contribution in [3.8, 4) is 0 Å². The van der Waals surface area contributed by atoms with Gasteiger partial charge in [-0.1, -0.05) is 0 Å². The summed E-state index contributed by atoms with van der Waals surface area (Å²) < 4.78 is 5.62. The van der Waals surface area contributed by atoms with Crippen LogP contribution in [0.5, 0.6) is 0 Å². The van der Waals surface area contributed by atoms with Crippen LogP contribution < -0.4 is 10.6 Å². The number of nitrogens with zero attached hydrogens (tertiary/aromatic N) is 3. The fraction of sp³-hybridized carbons (Fsp3) is 0.895. The second kappa shape index (κ2) is 9.04. The molecule has 0 saturated carbocycles. The SMILES string of the molecule is CN=C(NCC1(N2CCCC2)CCOCC1)N(C)CC(=O)NC(C)(C)C. The van der Waals surface area contributed by atoms with E-state index in [2.05, 4.69) is 20.5 Å². The molecule has 0 atom stereocenters. The molecule has 2 rings (SSSR count). The van der Waals surface area contributed by atoms with Gasteiger partial charge < -0.3 is 20.3 Å². The van der Waals surface area contributed by atoms with Crippen LogP contribution in [-0.4, -0.2) is 86.2 Å². The fourth-order valence-electron chi connectivity index (χ4n) is 3.92. The van der Waals surface area contributed by atoms with Crippen LogP contribution >= 0.6 is 0 Å². The van der Waals surface area contributed by atoms with Gasteiger partial charge in [0.25, 0.3) is 0 Å². The van der Waals surface area contributed by atoms with Gasteiger partial charge in [-0.3, -0.25) is 14.7 Å². The summed E-state index contributed by atoms with van der Waals surface area (Å²) in [5.41, 5.74) is -0.0873. The number of rotatable bonds is 5. The van der Waals surface area contributed by atoms with E-state index in [1.165, 1.54) is 25.9 Å². The molecule has 0 unspecified atom stereocenters. The number of likely N-dealkylation sites (N-methyl/N-ethyl adjacent to an activating group) is 1. The quantitative estimate of drug-likeness (QED) is 0.562. The van der Waals surface area contributed by atoms with Gasteiger partial charge in [0, 0.05) is 44.9 Å². The highest BCUT2D eigenvalue weighted by molar-refractivity contribution is 5.86. The smallest absolute Gasteiger partial charge is 0.240 e. The molecule has 2 N–H and O–H groups in total. The number of aliphatic imine (C=N–C) groups is 1. The molecule has 150 valence electrons.